The van der Waals surface area contributed by atoms with Crippen molar-refractivity contribution in [2.24, 2.45) is 10.7 Å². The van der Waals surface area contributed by atoms with Crippen LogP contribution in [0.15, 0.2) is 53.5 Å². The first-order valence-electron chi connectivity index (χ1n) is 6.65. The summed E-state index contributed by atoms with van der Waals surface area (Å²) < 4.78 is 18.3. The van der Waals surface area contributed by atoms with Gasteiger partial charge in [0.1, 0.15) is 18.2 Å². The third kappa shape index (κ3) is 6.30. The molecule has 118 valence electrons. The highest BCUT2D eigenvalue weighted by Gasteiger charge is 1.97. The number of aliphatic imine (C=N–C) groups is 1. The molecule has 0 radical (unpaired) electrons. The molecule has 2 aromatic carbocycles. The van der Waals surface area contributed by atoms with E-state index in [0.717, 1.165) is 11.3 Å². The number of guanidine groups is 1. The van der Waals surface area contributed by atoms with Crippen LogP contribution in [0.2, 0.25) is 0 Å². The normalized spacial score (nSPS) is 10.7. The highest BCUT2D eigenvalue weighted by Crippen LogP contribution is 2.11. The van der Waals surface area contributed by atoms with Crippen molar-refractivity contribution in [3.05, 3.63) is 59.9 Å². The van der Waals surface area contributed by atoms with Gasteiger partial charge in [0, 0.05) is 11.8 Å². The molecule has 0 aliphatic rings. The summed E-state index contributed by atoms with van der Waals surface area (Å²) in [6.07, 6.45) is 0. The van der Waals surface area contributed by atoms with Crippen molar-refractivity contribution in [1.29, 1.82) is 0 Å². The summed E-state index contributed by atoms with van der Waals surface area (Å²) in [4.78, 5) is 4.15. The van der Waals surface area contributed by atoms with Crippen LogP contribution < -0.4 is 15.8 Å². The van der Waals surface area contributed by atoms with Gasteiger partial charge in [-0.3, -0.25) is 0 Å². The first-order valence-corrected chi connectivity index (χ1v) is 6.65. The minimum absolute atomic E-state index is 0. The maximum absolute atomic E-state index is 12.9. The lowest BCUT2D eigenvalue weighted by atomic mass is 10.2. The number of hydrogen-bond acceptors (Lipinski definition) is 2. The highest BCUT2D eigenvalue weighted by molar-refractivity contribution is 14.0. The Morgan fingerprint density at radius 1 is 1.23 bits per heavy atom. The van der Waals surface area contributed by atoms with Crippen molar-refractivity contribution in [2.45, 2.75) is 6.92 Å². The smallest absolute Gasteiger partial charge is 0.193 e. The number of nitrogens with zero attached hydrogens (tertiary/aromatic N) is 1. The van der Waals surface area contributed by atoms with Crippen molar-refractivity contribution in [3.63, 3.8) is 0 Å². The number of nitrogens with one attached hydrogen (secondary N) is 1. The van der Waals surface area contributed by atoms with Gasteiger partial charge in [-0.1, -0.05) is 18.2 Å². The fourth-order valence-electron chi connectivity index (χ4n) is 1.80. The lowest BCUT2D eigenvalue weighted by Crippen LogP contribution is -2.23. The molecule has 0 amide bonds. The zero-order chi connectivity index (χ0) is 15.1. The van der Waals surface area contributed by atoms with E-state index in [1.165, 1.54) is 12.1 Å². The molecule has 0 atom stereocenters. The number of benzene rings is 2. The Labute approximate surface area is 146 Å². The van der Waals surface area contributed by atoms with E-state index in [4.69, 9.17) is 10.5 Å². The molecule has 2 rings (SSSR count). The van der Waals surface area contributed by atoms with Crippen molar-refractivity contribution in [1.82, 2.24) is 0 Å². The zero-order valence-corrected chi connectivity index (χ0v) is 14.6. The third-order valence-electron chi connectivity index (χ3n) is 2.73. The second-order valence-electron chi connectivity index (χ2n) is 4.57. The SMILES string of the molecule is Cc1cccc(NC(N)=NCCOc2cccc(F)c2)c1.I. The number of hydrogen-bond donors (Lipinski definition) is 2. The molecule has 0 saturated heterocycles. The standard InChI is InChI=1S/C16H18FN3O.HI/c1-12-4-2-6-14(10-12)20-16(18)19-8-9-21-15-7-3-5-13(17)11-15;/h2-7,10-11H,8-9H2,1H3,(H3,18,19,20);1H. The van der Waals surface area contributed by atoms with E-state index < -0.39 is 0 Å². The molecule has 6 heteroatoms. The van der Waals surface area contributed by atoms with Crippen LogP contribution >= 0.6 is 24.0 Å². The Kier molecular flexibility index (Phi) is 7.65. The molecule has 0 bridgehead atoms. The Balaban J connectivity index is 0.00000242. The van der Waals surface area contributed by atoms with Crippen molar-refractivity contribution >= 4 is 35.6 Å². The summed E-state index contributed by atoms with van der Waals surface area (Å²) in [7, 11) is 0. The summed E-state index contributed by atoms with van der Waals surface area (Å²) in [5.41, 5.74) is 7.81. The number of nitrogens with two attached hydrogens (primary N) is 1. The lowest BCUT2D eigenvalue weighted by Gasteiger charge is -2.07. The van der Waals surface area contributed by atoms with Gasteiger partial charge in [0.2, 0.25) is 0 Å². The quantitative estimate of drug-likeness (QED) is 0.340. The molecule has 0 fully saturated rings. The molecule has 2 aromatic rings. The molecule has 4 nitrogen and oxygen atoms in total. The van der Waals surface area contributed by atoms with Gasteiger partial charge in [-0.25, -0.2) is 9.38 Å². The van der Waals surface area contributed by atoms with Crippen LogP contribution in [0.3, 0.4) is 0 Å². The first kappa shape index (κ1) is 18.2. The van der Waals surface area contributed by atoms with Gasteiger partial charge in [0.05, 0.1) is 6.54 Å². The minimum Gasteiger partial charge on any atom is -0.492 e. The molecule has 0 heterocycles. The maximum atomic E-state index is 12.9. The van der Waals surface area contributed by atoms with Crippen molar-refractivity contribution in [3.8, 4) is 5.75 Å². The van der Waals surface area contributed by atoms with Crippen molar-refractivity contribution in [2.75, 3.05) is 18.5 Å². The second-order valence-corrected chi connectivity index (χ2v) is 4.57. The fourth-order valence-corrected chi connectivity index (χ4v) is 1.80. The number of rotatable bonds is 5. The van der Waals surface area contributed by atoms with Crippen LogP contribution in [-0.4, -0.2) is 19.1 Å². The molecular weight excluding hydrogens is 396 g/mol. The number of ether oxygens (including phenoxy) is 1. The van der Waals surface area contributed by atoms with Gasteiger partial charge < -0.3 is 15.8 Å². The molecule has 0 aromatic heterocycles. The molecule has 22 heavy (non-hydrogen) atoms. The van der Waals surface area contributed by atoms with Crippen LogP contribution in [0.1, 0.15) is 5.56 Å². The van der Waals surface area contributed by atoms with Gasteiger partial charge >= 0.3 is 0 Å². The molecule has 0 aliphatic heterocycles. The summed E-state index contributed by atoms with van der Waals surface area (Å²) in [5.74, 6) is 0.482. The Bertz CT molecular complexity index is 634. The molecular formula is C16H19FIN3O. The van der Waals surface area contributed by atoms with E-state index in [-0.39, 0.29) is 29.8 Å². The van der Waals surface area contributed by atoms with Gasteiger partial charge in [-0.2, -0.15) is 0 Å². The number of anilines is 1. The fraction of sp³-hybridized carbons (Fsp3) is 0.188. The van der Waals surface area contributed by atoms with Gasteiger partial charge in [0.15, 0.2) is 5.96 Å². The van der Waals surface area contributed by atoms with Gasteiger partial charge in [0.25, 0.3) is 0 Å². The monoisotopic (exact) mass is 415 g/mol. The second kappa shape index (κ2) is 9.24. The summed E-state index contributed by atoms with van der Waals surface area (Å²) in [5, 5.41) is 3.00. The zero-order valence-electron chi connectivity index (χ0n) is 12.3. The third-order valence-corrected chi connectivity index (χ3v) is 2.73. The summed E-state index contributed by atoms with van der Waals surface area (Å²) in [6, 6.07) is 13.8. The van der Waals surface area contributed by atoms with Gasteiger partial charge in [-0.15, -0.1) is 24.0 Å². The molecule has 0 saturated carbocycles. The summed E-state index contributed by atoms with van der Waals surface area (Å²) in [6.45, 7) is 2.73. The molecule has 0 aliphatic carbocycles. The van der Waals surface area contributed by atoms with Crippen LogP contribution in [0.4, 0.5) is 10.1 Å². The molecule has 0 spiro atoms. The first-order chi connectivity index (χ1) is 10.1. The predicted molar refractivity (Wildman–Crippen MR) is 98.6 cm³/mol. The average molecular weight is 415 g/mol. The van der Waals surface area contributed by atoms with Gasteiger partial charge in [-0.05, 0) is 36.8 Å². The minimum atomic E-state index is -0.323. The average Bonchev–Trinajstić information content (AvgIpc) is 2.44. The van der Waals surface area contributed by atoms with Crippen molar-refractivity contribution < 1.29 is 9.13 Å². The molecule has 0 unspecified atom stereocenters. The van der Waals surface area contributed by atoms with Crippen LogP contribution in [0.5, 0.6) is 5.75 Å². The Morgan fingerprint density at radius 2 is 2.00 bits per heavy atom. The lowest BCUT2D eigenvalue weighted by molar-refractivity contribution is 0.327. The highest BCUT2D eigenvalue weighted by atomic mass is 127. The number of halogens is 2. The summed E-state index contributed by atoms with van der Waals surface area (Å²) >= 11 is 0. The molecule has 3 N–H and O–H groups in total. The van der Waals surface area contributed by atoms with E-state index in [1.54, 1.807) is 12.1 Å². The maximum Gasteiger partial charge on any atom is 0.193 e. The Hall–Kier alpha value is -1.83. The topological polar surface area (TPSA) is 59.6 Å². The Morgan fingerprint density at radius 3 is 2.73 bits per heavy atom. The van der Waals surface area contributed by atoms with E-state index in [1.807, 2.05) is 31.2 Å². The van der Waals surface area contributed by atoms with E-state index in [9.17, 15) is 4.39 Å². The van der Waals surface area contributed by atoms with E-state index >= 15 is 0 Å². The van der Waals surface area contributed by atoms with E-state index in [0.29, 0.717) is 24.9 Å². The number of aryl methyl sites for hydroxylation is 1. The van der Waals surface area contributed by atoms with Crippen LogP contribution in [0, 0.1) is 12.7 Å². The van der Waals surface area contributed by atoms with E-state index in [2.05, 4.69) is 10.3 Å². The predicted octanol–water partition coefficient (Wildman–Crippen LogP) is 3.56. The van der Waals surface area contributed by atoms with Crippen LogP contribution in [0.25, 0.3) is 0 Å². The largest absolute Gasteiger partial charge is 0.492 e. The van der Waals surface area contributed by atoms with Crippen LogP contribution in [-0.2, 0) is 0 Å².